The third kappa shape index (κ3) is 6.22. The molecule has 0 unspecified atom stereocenters. The molecule has 166 valence electrons. The molecule has 1 nitrogen and oxygen atoms in total. The largest absolute Gasteiger partial charge is 0.490 e. The van der Waals surface area contributed by atoms with Crippen molar-refractivity contribution in [3.63, 3.8) is 0 Å². The van der Waals surface area contributed by atoms with Crippen molar-refractivity contribution in [1.82, 2.24) is 0 Å². The second kappa shape index (κ2) is 11.7. The van der Waals surface area contributed by atoms with Gasteiger partial charge in [0, 0.05) is 5.92 Å². The van der Waals surface area contributed by atoms with E-state index in [0.717, 1.165) is 49.9 Å². The summed E-state index contributed by atoms with van der Waals surface area (Å²) in [6.07, 6.45) is 14.5. The molecule has 0 spiro atoms. The molecule has 0 aromatic heterocycles. The van der Waals surface area contributed by atoms with Crippen molar-refractivity contribution in [3.05, 3.63) is 29.3 Å². The van der Waals surface area contributed by atoms with Crippen molar-refractivity contribution in [1.29, 1.82) is 0 Å². The Kier molecular flexibility index (Phi) is 9.04. The van der Waals surface area contributed by atoms with Gasteiger partial charge in [0.15, 0.2) is 11.6 Å². The Morgan fingerprint density at radius 2 is 1.53 bits per heavy atom. The molecule has 0 heterocycles. The SMILES string of the molecule is CCCCCOc1ccc(C#C[C@H]2CC[C@H]([C@H]3CC[C@H](CC)CC3)CC2)c(F)c1F. The van der Waals surface area contributed by atoms with Crippen molar-refractivity contribution in [2.24, 2.45) is 23.7 Å². The molecule has 2 aliphatic rings. The molecule has 3 heteroatoms. The van der Waals surface area contributed by atoms with Gasteiger partial charge in [-0.2, -0.15) is 4.39 Å². The third-order valence-corrected chi connectivity index (χ3v) is 7.37. The number of unbranched alkanes of at least 4 members (excludes halogenated alkanes) is 2. The lowest BCUT2D eigenvalue weighted by molar-refractivity contribution is 0.156. The van der Waals surface area contributed by atoms with Crippen LogP contribution in [-0.4, -0.2) is 6.61 Å². The molecular weight excluding hydrogens is 378 g/mol. The van der Waals surface area contributed by atoms with Crippen LogP contribution in [0.5, 0.6) is 5.75 Å². The molecule has 0 bridgehead atoms. The Hall–Kier alpha value is -1.56. The monoisotopic (exact) mass is 416 g/mol. The number of halogens is 2. The highest BCUT2D eigenvalue weighted by atomic mass is 19.2. The Morgan fingerprint density at radius 3 is 2.17 bits per heavy atom. The van der Waals surface area contributed by atoms with Gasteiger partial charge in [-0.25, -0.2) is 4.39 Å². The van der Waals surface area contributed by atoms with Crippen molar-refractivity contribution in [3.8, 4) is 17.6 Å². The maximum atomic E-state index is 14.4. The predicted molar refractivity (Wildman–Crippen MR) is 119 cm³/mol. The minimum atomic E-state index is -0.912. The summed E-state index contributed by atoms with van der Waals surface area (Å²) in [6, 6.07) is 3.07. The zero-order chi connectivity index (χ0) is 21.3. The lowest BCUT2D eigenvalue weighted by Crippen LogP contribution is -2.25. The van der Waals surface area contributed by atoms with Crippen LogP contribution >= 0.6 is 0 Å². The molecule has 0 N–H and O–H groups in total. The summed E-state index contributed by atoms with van der Waals surface area (Å²) >= 11 is 0. The summed E-state index contributed by atoms with van der Waals surface area (Å²) in [5, 5.41) is 0. The molecule has 0 amide bonds. The first-order valence-corrected chi connectivity index (χ1v) is 12.2. The first-order chi connectivity index (χ1) is 14.6. The number of ether oxygens (including phenoxy) is 1. The Labute approximate surface area is 182 Å². The second-order valence-corrected chi connectivity index (χ2v) is 9.36. The first kappa shape index (κ1) is 23.1. The molecule has 30 heavy (non-hydrogen) atoms. The fourth-order valence-corrected chi connectivity index (χ4v) is 5.26. The van der Waals surface area contributed by atoms with E-state index in [2.05, 4.69) is 25.7 Å². The van der Waals surface area contributed by atoms with Gasteiger partial charge in [0.2, 0.25) is 5.82 Å². The van der Waals surface area contributed by atoms with Crippen molar-refractivity contribution < 1.29 is 13.5 Å². The Bertz CT molecular complexity index is 716. The lowest BCUT2D eigenvalue weighted by atomic mass is 9.69. The third-order valence-electron chi connectivity index (χ3n) is 7.37. The topological polar surface area (TPSA) is 9.23 Å². The number of hydrogen-bond donors (Lipinski definition) is 0. The lowest BCUT2D eigenvalue weighted by Gasteiger charge is -2.36. The zero-order valence-corrected chi connectivity index (χ0v) is 18.8. The van der Waals surface area contributed by atoms with Gasteiger partial charge in [-0.15, -0.1) is 0 Å². The molecular formula is C27H38F2O. The van der Waals surface area contributed by atoms with Gasteiger partial charge >= 0.3 is 0 Å². The molecule has 1 aromatic rings. The van der Waals surface area contributed by atoms with Crippen LogP contribution in [0.15, 0.2) is 12.1 Å². The minimum Gasteiger partial charge on any atom is -0.490 e. The van der Waals surface area contributed by atoms with Gasteiger partial charge in [0.25, 0.3) is 0 Å². The quantitative estimate of drug-likeness (QED) is 0.324. The van der Waals surface area contributed by atoms with Crippen LogP contribution in [0.2, 0.25) is 0 Å². The van der Waals surface area contributed by atoms with Crippen LogP contribution < -0.4 is 4.74 Å². The molecule has 2 fully saturated rings. The summed E-state index contributed by atoms with van der Waals surface area (Å²) in [7, 11) is 0. The van der Waals surface area contributed by atoms with E-state index in [9.17, 15) is 8.78 Å². The molecule has 1 aromatic carbocycles. The van der Waals surface area contributed by atoms with E-state index in [-0.39, 0.29) is 11.3 Å². The van der Waals surface area contributed by atoms with Gasteiger partial charge < -0.3 is 4.74 Å². The van der Waals surface area contributed by atoms with E-state index < -0.39 is 11.6 Å². The fraction of sp³-hybridized carbons (Fsp3) is 0.704. The summed E-state index contributed by atoms with van der Waals surface area (Å²) < 4.78 is 34.1. The molecule has 0 radical (unpaired) electrons. The maximum Gasteiger partial charge on any atom is 0.201 e. The predicted octanol–water partition coefficient (Wildman–Crippen LogP) is 7.91. The summed E-state index contributed by atoms with van der Waals surface area (Å²) in [5.74, 6) is 7.35. The van der Waals surface area contributed by atoms with Gasteiger partial charge in [-0.3, -0.25) is 0 Å². The first-order valence-electron chi connectivity index (χ1n) is 12.2. The van der Waals surface area contributed by atoms with Crippen LogP contribution in [0.3, 0.4) is 0 Å². The average Bonchev–Trinajstić information content (AvgIpc) is 2.79. The number of hydrogen-bond acceptors (Lipinski definition) is 1. The summed E-state index contributed by atoms with van der Waals surface area (Å²) in [4.78, 5) is 0. The van der Waals surface area contributed by atoms with Gasteiger partial charge in [-0.05, 0) is 74.8 Å². The van der Waals surface area contributed by atoms with Crippen LogP contribution in [0.1, 0.15) is 96.5 Å². The van der Waals surface area contributed by atoms with E-state index >= 15 is 0 Å². The van der Waals surface area contributed by atoms with Crippen LogP contribution in [0.4, 0.5) is 8.78 Å². The Balaban J connectivity index is 1.50. The minimum absolute atomic E-state index is 0.00699. The van der Waals surface area contributed by atoms with Gasteiger partial charge in [-0.1, -0.05) is 57.8 Å². The van der Waals surface area contributed by atoms with E-state index in [1.165, 1.54) is 51.0 Å². The highest BCUT2D eigenvalue weighted by Gasteiger charge is 2.30. The van der Waals surface area contributed by atoms with Crippen molar-refractivity contribution in [2.45, 2.75) is 90.9 Å². The van der Waals surface area contributed by atoms with Crippen LogP contribution in [-0.2, 0) is 0 Å². The highest BCUT2D eigenvalue weighted by Crippen LogP contribution is 2.41. The van der Waals surface area contributed by atoms with Crippen LogP contribution in [0, 0.1) is 47.1 Å². The maximum absolute atomic E-state index is 14.4. The fourth-order valence-electron chi connectivity index (χ4n) is 5.26. The van der Waals surface area contributed by atoms with Crippen molar-refractivity contribution >= 4 is 0 Å². The van der Waals surface area contributed by atoms with Crippen LogP contribution in [0.25, 0.3) is 0 Å². The number of rotatable bonds is 7. The molecule has 0 saturated heterocycles. The van der Waals surface area contributed by atoms with Crippen molar-refractivity contribution in [2.75, 3.05) is 6.61 Å². The zero-order valence-electron chi connectivity index (χ0n) is 18.8. The normalized spacial score (nSPS) is 26.7. The van der Waals surface area contributed by atoms with E-state index in [1.807, 2.05) is 0 Å². The van der Waals surface area contributed by atoms with E-state index in [4.69, 9.17) is 4.74 Å². The highest BCUT2D eigenvalue weighted by molar-refractivity contribution is 5.41. The van der Waals surface area contributed by atoms with Gasteiger partial charge in [0.05, 0.1) is 12.2 Å². The summed E-state index contributed by atoms with van der Waals surface area (Å²) in [6.45, 7) is 4.83. The molecule has 0 atom stereocenters. The van der Waals surface area contributed by atoms with E-state index in [0.29, 0.717) is 12.5 Å². The van der Waals surface area contributed by atoms with Gasteiger partial charge in [0.1, 0.15) is 0 Å². The summed E-state index contributed by atoms with van der Waals surface area (Å²) in [5.41, 5.74) is 0.147. The second-order valence-electron chi connectivity index (χ2n) is 9.36. The average molecular weight is 417 g/mol. The molecule has 3 rings (SSSR count). The Morgan fingerprint density at radius 1 is 0.867 bits per heavy atom. The standard InChI is InChI=1S/C27H38F2O/c1-3-5-6-19-30-25-18-17-24(26(28)27(25)29)16-11-21-9-14-23(15-10-21)22-12-7-20(4-2)8-13-22/h17-18,20-23H,3-10,12-15,19H2,1-2H3/t20-,21-,22-,23-. The molecule has 2 saturated carbocycles. The van der Waals surface area contributed by atoms with E-state index in [1.54, 1.807) is 6.07 Å². The smallest absolute Gasteiger partial charge is 0.201 e. The molecule has 0 aliphatic heterocycles. The number of benzene rings is 1. The molecule has 2 aliphatic carbocycles.